The Hall–Kier alpha value is -1.33. The van der Waals surface area contributed by atoms with E-state index in [0.717, 1.165) is 29.2 Å². The van der Waals surface area contributed by atoms with Crippen molar-refractivity contribution < 1.29 is 0 Å². The number of aromatic nitrogens is 2. The molecule has 0 amide bonds. The molecule has 5 heteroatoms. The number of fused-ring (bicyclic) bond motifs is 1. The molecule has 3 rings (SSSR count). The average molecular weight is 303 g/mol. The van der Waals surface area contributed by atoms with Gasteiger partial charge in [-0.2, -0.15) is 0 Å². The van der Waals surface area contributed by atoms with Crippen LogP contribution in [-0.2, 0) is 5.75 Å². The summed E-state index contributed by atoms with van der Waals surface area (Å²) in [5.74, 6) is 1.57. The first-order valence-electron chi connectivity index (χ1n) is 7.42. The van der Waals surface area contributed by atoms with E-state index >= 15 is 0 Å². The van der Waals surface area contributed by atoms with Crippen LogP contribution in [0.4, 0.5) is 0 Å². The third-order valence-corrected chi connectivity index (χ3v) is 5.32. The van der Waals surface area contributed by atoms with Crippen LogP contribution in [0.25, 0.3) is 10.9 Å². The largest absolute Gasteiger partial charge is 0.309 e. The van der Waals surface area contributed by atoms with Crippen molar-refractivity contribution in [2.45, 2.75) is 30.8 Å². The van der Waals surface area contributed by atoms with Crippen molar-refractivity contribution in [2.24, 2.45) is 0 Å². The summed E-state index contributed by atoms with van der Waals surface area (Å²) in [6.07, 6.45) is 2.51. The quantitative estimate of drug-likeness (QED) is 0.947. The van der Waals surface area contributed by atoms with E-state index < -0.39 is 0 Å². The van der Waals surface area contributed by atoms with Crippen LogP contribution >= 0.6 is 11.8 Å². The van der Waals surface area contributed by atoms with Gasteiger partial charge in [0.1, 0.15) is 5.82 Å². The molecule has 2 aromatic rings. The molecule has 0 radical (unpaired) electrons. The molecule has 0 spiro atoms. The standard InChI is InChI=1S/C16H21N3OS/c1-11-5-3-7-13-15(11)17-14(18-16(13)20)10-21-12-6-4-8-19(2)9-12/h3,5,7,12H,4,6,8-10H2,1-2H3,(H,17,18,20). The number of likely N-dealkylation sites (tertiary alicyclic amines) is 1. The van der Waals surface area contributed by atoms with Gasteiger partial charge in [0, 0.05) is 11.8 Å². The number of nitrogens with one attached hydrogen (secondary N) is 1. The van der Waals surface area contributed by atoms with Gasteiger partial charge < -0.3 is 9.88 Å². The highest BCUT2D eigenvalue weighted by molar-refractivity contribution is 7.99. The topological polar surface area (TPSA) is 49.0 Å². The van der Waals surface area contributed by atoms with Gasteiger partial charge in [0.25, 0.3) is 5.56 Å². The van der Waals surface area contributed by atoms with Crippen molar-refractivity contribution in [3.8, 4) is 0 Å². The maximum absolute atomic E-state index is 12.1. The zero-order chi connectivity index (χ0) is 14.8. The summed E-state index contributed by atoms with van der Waals surface area (Å²) in [4.78, 5) is 22.1. The Balaban J connectivity index is 1.78. The van der Waals surface area contributed by atoms with E-state index in [2.05, 4.69) is 21.9 Å². The van der Waals surface area contributed by atoms with Gasteiger partial charge in [-0.1, -0.05) is 12.1 Å². The van der Waals surface area contributed by atoms with Crippen LogP contribution in [0, 0.1) is 6.92 Å². The van der Waals surface area contributed by atoms with Gasteiger partial charge in [0.05, 0.1) is 16.7 Å². The van der Waals surface area contributed by atoms with Gasteiger partial charge in [0.15, 0.2) is 0 Å². The number of para-hydroxylation sites is 1. The zero-order valence-corrected chi connectivity index (χ0v) is 13.4. The smallest absolute Gasteiger partial charge is 0.258 e. The molecule has 21 heavy (non-hydrogen) atoms. The zero-order valence-electron chi connectivity index (χ0n) is 12.6. The second-order valence-electron chi connectivity index (χ2n) is 5.82. The van der Waals surface area contributed by atoms with E-state index in [1.54, 1.807) is 0 Å². The van der Waals surface area contributed by atoms with Gasteiger partial charge >= 0.3 is 0 Å². The summed E-state index contributed by atoms with van der Waals surface area (Å²) in [6.45, 7) is 4.32. The Morgan fingerprint density at radius 1 is 1.48 bits per heavy atom. The molecular formula is C16H21N3OS. The molecule has 1 aromatic carbocycles. The highest BCUT2D eigenvalue weighted by Crippen LogP contribution is 2.24. The van der Waals surface area contributed by atoms with Crippen molar-refractivity contribution in [3.05, 3.63) is 39.9 Å². The molecule has 0 aliphatic carbocycles. The van der Waals surface area contributed by atoms with Crippen molar-refractivity contribution in [3.63, 3.8) is 0 Å². The average Bonchev–Trinajstić information content (AvgIpc) is 2.46. The Kier molecular flexibility index (Phi) is 4.31. The number of nitrogens with zero attached hydrogens (tertiary/aromatic N) is 2. The molecule has 1 unspecified atom stereocenters. The molecule has 0 bridgehead atoms. The predicted molar refractivity (Wildman–Crippen MR) is 88.9 cm³/mol. The first-order chi connectivity index (χ1) is 10.1. The lowest BCUT2D eigenvalue weighted by Gasteiger charge is -2.29. The summed E-state index contributed by atoms with van der Waals surface area (Å²) >= 11 is 1.90. The minimum atomic E-state index is -0.0277. The monoisotopic (exact) mass is 303 g/mol. The van der Waals surface area contributed by atoms with E-state index in [-0.39, 0.29) is 5.56 Å². The molecule has 1 aliphatic heterocycles. The van der Waals surface area contributed by atoms with Crippen LogP contribution in [0.15, 0.2) is 23.0 Å². The number of H-pyrrole nitrogens is 1. The summed E-state index contributed by atoms with van der Waals surface area (Å²) < 4.78 is 0. The first-order valence-corrected chi connectivity index (χ1v) is 8.47. The number of hydrogen-bond acceptors (Lipinski definition) is 4. The molecule has 1 aromatic heterocycles. The molecule has 1 N–H and O–H groups in total. The predicted octanol–water partition coefficient (Wildman–Crippen LogP) is 2.56. The van der Waals surface area contributed by atoms with Crippen LogP contribution in [0.1, 0.15) is 24.2 Å². The van der Waals surface area contributed by atoms with Crippen LogP contribution in [0.5, 0.6) is 0 Å². The fourth-order valence-corrected chi connectivity index (χ4v) is 4.10. The number of benzene rings is 1. The van der Waals surface area contributed by atoms with Crippen LogP contribution < -0.4 is 5.56 Å². The SMILES string of the molecule is Cc1cccc2c(=O)[nH]c(CSC3CCCN(C)C3)nc12. The number of piperidine rings is 1. The molecule has 0 saturated carbocycles. The minimum Gasteiger partial charge on any atom is -0.309 e. The number of hydrogen-bond donors (Lipinski definition) is 1. The number of aryl methyl sites for hydroxylation is 1. The van der Waals surface area contributed by atoms with Crippen LogP contribution in [-0.4, -0.2) is 40.3 Å². The van der Waals surface area contributed by atoms with Crippen LogP contribution in [0.3, 0.4) is 0 Å². The summed E-state index contributed by atoms with van der Waals surface area (Å²) in [5, 5.41) is 1.32. The van der Waals surface area contributed by atoms with Crippen molar-refractivity contribution in [1.29, 1.82) is 0 Å². The third kappa shape index (κ3) is 3.30. The van der Waals surface area contributed by atoms with E-state index in [0.29, 0.717) is 10.6 Å². The van der Waals surface area contributed by atoms with E-state index in [1.165, 1.54) is 19.4 Å². The Bertz CT molecular complexity index is 697. The fourth-order valence-electron chi connectivity index (χ4n) is 2.87. The van der Waals surface area contributed by atoms with Gasteiger partial charge in [-0.3, -0.25) is 4.79 Å². The number of rotatable bonds is 3. The third-order valence-electron chi connectivity index (χ3n) is 4.02. The maximum atomic E-state index is 12.1. The Morgan fingerprint density at radius 3 is 3.14 bits per heavy atom. The fraction of sp³-hybridized carbons (Fsp3) is 0.500. The second kappa shape index (κ2) is 6.20. The molecule has 1 aliphatic rings. The van der Waals surface area contributed by atoms with Gasteiger partial charge in [0.2, 0.25) is 0 Å². The van der Waals surface area contributed by atoms with Crippen molar-refractivity contribution in [2.75, 3.05) is 20.1 Å². The normalized spacial score (nSPS) is 20.0. The Morgan fingerprint density at radius 2 is 2.33 bits per heavy atom. The van der Waals surface area contributed by atoms with Gasteiger partial charge in [-0.25, -0.2) is 4.98 Å². The Labute approximate surface area is 129 Å². The lowest BCUT2D eigenvalue weighted by molar-refractivity contribution is 0.283. The minimum absolute atomic E-state index is 0.0277. The first kappa shape index (κ1) is 14.6. The van der Waals surface area contributed by atoms with E-state index in [1.807, 2.05) is 36.9 Å². The van der Waals surface area contributed by atoms with Crippen molar-refractivity contribution in [1.82, 2.24) is 14.9 Å². The molecule has 1 fully saturated rings. The van der Waals surface area contributed by atoms with Crippen LogP contribution in [0.2, 0.25) is 0 Å². The lowest BCUT2D eigenvalue weighted by atomic mass is 10.1. The summed E-state index contributed by atoms with van der Waals surface area (Å²) in [5.41, 5.74) is 1.86. The molecule has 112 valence electrons. The lowest BCUT2D eigenvalue weighted by Crippen LogP contribution is -2.33. The highest BCUT2D eigenvalue weighted by Gasteiger charge is 2.18. The van der Waals surface area contributed by atoms with Crippen molar-refractivity contribution >= 4 is 22.7 Å². The number of aromatic amines is 1. The van der Waals surface area contributed by atoms with Gasteiger partial charge in [-0.15, -0.1) is 11.8 Å². The number of thioether (sulfide) groups is 1. The summed E-state index contributed by atoms with van der Waals surface area (Å²) in [7, 11) is 2.17. The summed E-state index contributed by atoms with van der Waals surface area (Å²) in [6, 6.07) is 5.74. The molecule has 2 heterocycles. The van der Waals surface area contributed by atoms with Gasteiger partial charge in [-0.05, 0) is 45.0 Å². The molecule has 1 saturated heterocycles. The molecule has 4 nitrogen and oxygen atoms in total. The second-order valence-corrected chi connectivity index (χ2v) is 7.11. The highest BCUT2D eigenvalue weighted by atomic mass is 32.2. The molecule has 1 atom stereocenters. The molecular weight excluding hydrogens is 282 g/mol. The maximum Gasteiger partial charge on any atom is 0.258 e. The van der Waals surface area contributed by atoms with E-state index in [4.69, 9.17) is 0 Å². The van der Waals surface area contributed by atoms with E-state index in [9.17, 15) is 4.79 Å².